The minimum Gasteiger partial charge on any atom is -0.445 e. The third kappa shape index (κ3) is 5.96. The molecule has 1 aromatic heterocycles. The van der Waals surface area contributed by atoms with E-state index in [0.717, 1.165) is 31.2 Å². The van der Waals surface area contributed by atoms with Crippen molar-refractivity contribution in [2.45, 2.75) is 32.0 Å². The van der Waals surface area contributed by atoms with Gasteiger partial charge in [0, 0.05) is 21.6 Å². The fourth-order valence-electron chi connectivity index (χ4n) is 3.82. The summed E-state index contributed by atoms with van der Waals surface area (Å²) < 4.78 is 6.48. The van der Waals surface area contributed by atoms with Gasteiger partial charge in [0.15, 0.2) is 0 Å². The van der Waals surface area contributed by atoms with Gasteiger partial charge in [0.1, 0.15) is 12.6 Å². The quantitative estimate of drug-likeness (QED) is 0.247. The number of H-pyrrole nitrogens is 1. The molecule has 0 aliphatic carbocycles. The van der Waals surface area contributed by atoms with Crippen LogP contribution in [0.15, 0.2) is 85.1 Å². The molecule has 2 amide bonds. The molecule has 174 valence electrons. The first-order valence-electron chi connectivity index (χ1n) is 11.1. The summed E-state index contributed by atoms with van der Waals surface area (Å²) in [4.78, 5) is 29.2. The maximum Gasteiger partial charge on any atom is 0.408 e. The van der Waals surface area contributed by atoms with Crippen LogP contribution in [0.5, 0.6) is 0 Å². The number of hydrogen-bond acceptors (Lipinski definition) is 3. The first-order valence-corrected chi connectivity index (χ1v) is 12.2. The molecule has 0 aliphatic rings. The molecular formula is C27H26IN3O3. The number of hydrogen-bond donors (Lipinski definition) is 3. The number of carbonyl (C=O) groups excluding carboxylic acids is 2. The molecule has 2 atom stereocenters. The number of aromatic nitrogens is 1. The average Bonchev–Trinajstić information content (AvgIpc) is 3.27. The molecule has 0 saturated heterocycles. The van der Waals surface area contributed by atoms with Gasteiger partial charge in [-0.05, 0) is 52.3 Å². The van der Waals surface area contributed by atoms with Gasteiger partial charge in [-0.1, -0.05) is 72.8 Å². The molecule has 3 aromatic carbocycles. The summed E-state index contributed by atoms with van der Waals surface area (Å²) in [5.74, 6) is -0.270. The number of amides is 2. The van der Waals surface area contributed by atoms with Crippen molar-refractivity contribution in [2.24, 2.45) is 0 Å². The van der Waals surface area contributed by atoms with E-state index in [9.17, 15) is 9.59 Å². The standard InChI is InChI=1S/C27H26IN3O3/c1-18(20-11-6-3-7-12-20)30-26(32)24(31-27(33)34-17-19-9-4-2-5-10-19)15-21-16-29-25-22(21)13-8-14-23(25)28/h2-14,16,18,24,29H,15,17H2,1H3,(H,30,32)(H,31,33)/t18-,24+/m1/s1. The second-order valence-corrected chi connectivity index (χ2v) is 9.24. The predicted octanol–water partition coefficient (Wildman–Crippen LogP) is 5.49. The van der Waals surface area contributed by atoms with Crippen molar-refractivity contribution in [2.75, 3.05) is 0 Å². The second kappa shape index (κ2) is 11.2. The Balaban J connectivity index is 1.50. The van der Waals surface area contributed by atoms with E-state index < -0.39 is 12.1 Å². The minimum atomic E-state index is -0.800. The largest absolute Gasteiger partial charge is 0.445 e. The zero-order valence-corrected chi connectivity index (χ0v) is 20.9. The lowest BCUT2D eigenvalue weighted by molar-refractivity contribution is -0.123. The number of ether oxygens (including phenoxy) is 1. The molecule has 3 N–H and O–H groups in total. The highest BCUT2D eigenvalue weighted by Crippen LogP contribution is 2.24. The predicted molar refractivity (Wildman–Crippen MR) is 141 cm³/mol. The van der Waals surface area contributed by atoms with Crippen LogP contribution in [0.2, 0.25) is 0 Å². The molecule has 0 aliphatic heterocycles. The summed E-state index contributed by atoms with van der Waals surface area (Å²) in [6.45, 7) is 2.05. The number of benzene rings is 3. The second-order valence-electron chi connectivity index (χ2n) is 8.08. The van der Waals surface area contributed by atoms with E-state index in [4.69, 9.17) is 4.74 Å². The third-order valence-corrected chi connectivity index (χ3v) is 6.55. The van der Waals surface area contributed by atoms with Crippen LogP contribution in [0, 0.1) is 3.57 Å². The van der Waals surface area contributed by atoms with Crippen LogP contribution < -0.4 is 10.6 Å². The van der Waals surface area contributed by atoms with Crippen LogP contribution in [-0.2, 0) is 22.6 Å². The highest BCUT2D eigenvalue weighted by molar-refractivity contribution is 14.1. The summed E-state index contributed by atoms with van der Waals surface area (Å²) in [5.41, 5.74) is 3.83. The van der Waals surface area contributed by atoms with Crippen LogP contribution >= 0.6 is 22.6 Å². The molecule has 0 radical (unpaired) electrons. The number of rotatable bonds is 8. The molecule has 4 rings (SSSR count). The Morgan fingerprint density at radius 2 is 1.65 bits per heavy atom. The van der Waals surface area contributed by atoms with E-state index >= 15 is 0 Å². The van der Waals surface area contributed by atoms with Gasteiger partial charge < -0.3 is 20.4 Å². The summed E-state index contributed by atoms with van der Waals surface area (Å²) >= 11 is 2.28. The van der Waals surface area contributed by atoms with Gasteiger partial charge in [0.05, 0.1) is 11.6 Å². The Morgan fingerprint density at radius 3 is 2.38 bits per heavy atom. The molecule has 34 heavy (non-hydrogen) atoms. The number of nitrogens with one attached hydrogen (secondary N) is 3. The number of fused-ring (bicyclic) bond motifs is 1. The van der Waals surface area contributed by atoms with E-state index in [1.165, 1.54) is 0 Å². The van der Waals surface area contributed by atoms with Gasteiger partial charge in [-0.3, -0.25) is 4.79 Å². The molecule has 6 nitrogen and oxygen atoms in total. The monoisotopic (exact) mass is 567 g/mol. The van der Waals surface area contributed by atoms with Gasteiger partial charge in [-0.2, -0.15) is 0 Å². The lowest BCUT2D eigenvalue weighted by Gasteiger charge is -2.21. The van der Waals surface area contributed by atoms with Crippen molar-refractivity contribution in [3.63, 3.8) is 0 Å². The summed E-state index contributed by atoms with van der Waals surface area (Å²) in [6, 6.07) is 24.2. The van der Waals surface area contributed by atoms with Crippen LogP contribution in [-0.4, -0.2) is 23.0 Å². The smallest absolute Gasteiger partial charge is 0.408 e. The van der Waals surface area contributed by atoms with Crippen LogP contribution in [0.25, 0.3) is 10.9 Å². The van der Waals surface area contributed by atoms with E-state index in [0.29, 0.717) is 6.42 Å². The molecule has 0 fully saturated rings. The van der Waals surface area contributed by atoms with Gasteiger partial charge in [0.2, 0.25) is 5.91 Å². The van der Waals surface area contributed by atoms with Gasteiger partial charge >= 0.3 is 6.09 Å². The Hall–Kier alpha value is -3.33. The lowest BCUT2D eigenvalue weighted by Crippen LogP contribution is -2.48. The van der Waals surface area contributed by atoms with E-state index in [1.807, 2.05) is 92.0 Å². The normalized spacial score (nSPS) is 12.6. The number of carbonyl (C=O) groups is 2. The Kier molecular flexibility index (Phi) is 7.84. The molecule has 7 heteroatoms. The van der Waals surface area contributed by atoms with Crippen molar-refractivity contribution >= 4 is 45.5 Å². The van der Waals surface area contributed by atoms with Crippen molar-refractivity contribution < 1.29 is 14.3 Å². The Labute approximate surface area is 212 Å². The van der Waals surface area contributed by atoms with Crippen molar-refractivity contribution in [1.29, 1.82) is 0 Å². The minimum absolute atomic E-state index is 0.132. The van der Waals surface area contributed by atoms with Gasteiger partial charge in [-0.25, -0.2) is 4.79 Å². The van der Waals surface area contributed by atoms with Crippen LogP contribution in [0.1, 0.15) is 29.7 Å². The molecule has 0 spiro atoms. The number of alkyl carbamates (subject to hydrolysis) is 1. The summed E-state index contributed by atoms with van der Waals surface area (Å²) in [6.07, 6.45) is 1.59. The van der Waals surface area contributed by atoms with Crippen molar-refractivity contribution in [3.05, 3.63) is 105 Å². The zero-order chi connectivity index (χ0) is 23.9. The topological polar surface area (TPSA) is 83.2 Å². The average molecular weight is 567 g/mol. The maximum atomic E-state index is 13.3. The highest BCUT2D eigenvalue weighted by Gasteiger charge is 2.25. The van der Waals surface area contributed by atoms with Gasteiger partial charge in [0.25, 0.3) is 0 Å². The fourth-order valence-corrected chi connectivity index (χ4v) is 4.47. The van der Waals surface area contributed by atoms with E-state index in [-0.39, 0.29) is 18.6 Å². The summed E-state index contributed by atoms with van der Waals surface area (Å²) in [7, 11) is 0. The van der Waals surface area contributed by atoms with Gasteiger partial charge in [-0.15, -0.1) is 0 Å². The molecule has 0 bridgehead atoms. The van der Waals surface area contributed by atoms with Crippen LogP contribution in [0.3, 0.4) is 0 Å². The SMILES string of the molecule is C[C@@H](NC(=O)[C@H](Cc1c[nH]c2c(I)cccc12)NC(=O)OCc1ccccc1)c1ccccc1. The number of aromatic amines is 1. The summed E-state index contributed by atoms with van der Waals surface area (Å²) in [5, 5.41) is 6.83. The first-order chi connectivity index (χ1) is 16.5. The number of halogens is 1. The Morgan fingerprint density at radius 1 is 0.941 bits per heavy atom. The third-order valence-electron chi connectivity index (χ3n) is 5.65. The first kappa shape index (κ1) is 23.8. The van der Waals surface area contributed by atoms with Crippen molar-refractivity contribution in [1.82, 2.24) is 15.6 Å². The number of para-hydroxylation sites is 1. The van der Waals surface area contributed by atoms with E-state index in [2.05, 4.69) is 38.2 Å². The maximum absolute atomic E-state index is 13.3. The van der Waals surface area contributed by atoms with E-state index in [1.54, 1.807) is 0 Å². The van der Waals surface area contributed by atoms with Crippen molar-refractivity contribution in [3.8, 4) is 0 Å². The lowest BCUT2D eigenvalue weighted by atomic mass is 10.0. The van der Waals surface area contributed by atoms with Crippen LogP contribution in [0.4, 0.5) is 4.79 Å². The molecular weight excluding hydrogens is 541 g/mol. The highest BCUT2D eigenvalue weighted by atomic mass is 127. The molecule has 1 heterocycles. The molecule has 4 aromatic rings. The molecule has 0 unspecified atom stereocenters. The fraction of sp³-hybridized carbons (Fsp3) is 0.185. The Bertz CT molecular complexity index is 1260. The molecule has 0 saturated carbocycles. The zero-order valence-electron chi connectivity index (χ0n) is 18.8.